The normalized spacial score (nSPS) is 14.1. The molecule has 0 aliphatic heterocycles. The van der Waals surface area contributed by atoms with Gasteiger partial charge in [-0.25, -0.2) is 4.79 Å². The van der Waals surface area contributed by atoms with Crippen LogP contribution in [-0.2, 0) is 22.4 Å². The minimum Gasteiger partial charge on any atom is -0.448 e. The Kier molecular flexibility index (Phi) is 5.13. The molecular weight excluding hydrogens is 369 g/mol. The minimum absolute atomic E-state index is 0.413. The van der Waals surface area contributed by atoms with E-state index in [0.29, 0.717) is 20.6 Å². The fourth-order valence-electron chi connectivity index (χ4n) is 2.57. The van der Waals surface area contributed by atoms with Crippen LogP contribution in [0.25, 0.3) is 0 Å². The van der Waals surface area contributed by atoms with Gasteiger partial charge in [-0.05, 0) is 56.0 Å². The number of fused-ring (bicyclic) bond motifs is 1. The Morgan fingerprint density at radius 1 is 1.17 bits per heavy atom. The van der Waals surface area contributed by atoms with Gasteiger partial charge in [0.05, 0.1) is 0 Å². The molecule has 0 saturated carbocycles. The monoisotopic (exact) mass is 383 g/mol. The van der Waals surface area contributed by atoms with Gasteiger partial charge in [-0.3, -0.25) is 4.79 Å². The van der Waals surface area contributed by atoms with Crippen LogP contribution in [0, 0.1) is 0 Å². The van der Waals surface area contributed by atoms with E-state index in [1.165, 1.54) is 28.7 Å². The fourth-order valence-corrected chi connectivity index (χ4v) is 4.23. The number of aryl methyl sites for hydroxylation is 2. The van der Waals surface area contributed by atoms with Crippen LogP contribution >= 0.6 is 34.5 Å². The van der Waals surface area contributed by atoms with Crippen LogP contribution in [0.4, 0.5) is 5.69 Å². The molecule has 4 nitrogen and oxygen atoms in total. The summed E-state index contributed by atoms with van der Waals surface area (Å²) in [5.74, 6) is -0.910. The highest BCUT2D eigenvalue weighted by Gasteiger charge is 2.23. The maximum atomic E-state index is 12.2. The average molecular weight is 384 g/mol. The van der Waals surface area contributed by atoms with Crippen LogP contribution in [0.2, 0.25) is 10.0 Å². The third-order valence-corrected chi connectivity index (χ3v) is 5.38. The van der Waals surface area contributed by atoms with Crippen molar-refractivity contribution in [3.63, 3.8) is 0 Å². The SMILES string of the molecule is C[C@H](OC(=O)c1cc2c(s1)CCC2)C(=O)Nc1cc(Cl)cc(Cl)c1. The van der Waals surface area contributed by atoms with E-state index in [-0.39, 0.29) is 0 Å². The highest BCUT2D eigenvalue weighted by molar-refractivity contribution is 7.14. The second-order valence-electron chi connectivity index (χ2n) is 5.61. The molecule has 1 aliphatic rings. The van der Waals surface area contributed by atoms with E-state index >= 15 is 0 Å². The summed E-state index contributed by atoms with van der Waals surface area (Å²) in [4.78, 5) is 26.2. The van der Waals surface area contributed by atoms with Crippen LogP contribution < -0.4 is 5.32 Å². The molecule has 0 spiro atoms. The first kappa shape index (κ1) is 17.3. The number of hydrogen-bond acceptors (Lipinski definition) is 4. The first-order valence-electron chi connectivity index (χ1n) is 7.52. The van der Waals surface area contributed by atoms with Crippen LogP contribution in [0.15, 0.2) is 24.3 Å². The maximum absolute atomic E-state index is 12.2. The Morgan fingerprint density at radius 3 is 2.54 bits per heavy atom. The molecule has 0 unspecified atom stereocenters. The molecule has 1 aromatic heterocycles. The van der Waals surface area contributed by atoms with Gasteiger partial charge in [0, 0.05) is 20.6 Å². The Labute approximate surface area is 153 Å². The lowest BCUT2D eigenvalue weighted by Gasteiger charge is -2.13. The number of thiophene rings is 1. The van der Waals surface area contributed by atoms with Crippen molar-refractivity contribution in [3.05, 3.63) is 49.6 Å². The second kappa shape index (κ2) is 7.13. The maximum Gasteiger partial charge on any atom is 0.349 e. The summed E-state index contributed by atoms with van der Waals surface area (Å²) >= 11 is 13.2. The van der Waals surface area contributed by atoms with Crippen molar-refractivity contribution in [3.8, 4) is 0 Å². The van der Waals surface area contributed by atoms with Gasteiger partial charge in [0.1, 0.15) is 4.88 Å². The number of benzene rings is 1. The number of amides is 1. The molecule has 1 N–H and O–H groups in total. The molecule has 0 saturated heterocycles. The molecule has 0 radical (unpaired) electrons. The summed E-state index contributed by atoms with van der Waals surface area (Å²) in [7, 11) is 0. The van der Waals surface area contributed by atoms with Gasteiger partial charge in [-0.15, -0.1) is 11.3 Å². The summed E-state index contributed by atoms with van der Waals surface area (Å²) in [6.45, 7) is 1.53. The summed E-state index contributed by atoms with van der Waals surface area (Å²) in [5, 5.41) is 3.46. The van der Waals surface area contributed by atoms with Crippen molar-refractivity contribution in [2.75, 3.05) is 5.32 Å². The number of nitrogens with one attached hydrogen (secondary N) is 1. The molecule has 7 heteroatoms. The summed E-state index contributed by atoms with van der Waals surface area (Å²) in [6.07, 6.45) is 2.23. The summed E-state index contributed by atoms with van der Waals surface area (Å²) in [6, 6.07) is 6.59. The number of ether oxygens (including phenoxy) is 1. The van der Waals surface area contributed by atoms with E-state index < -0.39 is 18.0 Å². The highest BCUT2D eigenvalue weighted by atomic mass is 35.5. The highest BCUT2D eigenvalue weighted by Crippen LogP contribution is 2.31. The Hall–Kier alpha value is -1.56. The first-order chi connectivity index (χ1) is 11.4. The van der Waals surface area contributed by atoms with Gasteiger partial charge in [-0.2, -0.15) is 0 Å². The van der Waals surface area contributed by atoms with Crippen molar-refractivity contribution in [2.24, 2.45) is 0 Å². The quantitative estimate of drug-likeness (QED) is 0.776. The van der Waals surface area contributed by atoms with Crippen LogP contribution in [0.5, 0.6) is 0 Å². The smallest absolute Gasteiger partial charge is 0.349 e. The average Bonchev–Trinajstić information content (AvgIpc) is 3.06. The largest absolute Gasteiger partial charge is 0.448 e. The van der Waals surface area contributed by atoms with Gasteiger partial charge in [0.2, 0.25) is 0 Å². The van der Waals surface area contributed by atoms with Gasteiger partial charge < -0.3 is 10.1 Å². The zero-order chi connectivity index (χ0) is 17.3. The van der Waals surface area contributed by atoms with Gasteiger partial charge in [-0.1, -0.05) is 23.2 Å². The van der Waals surface area contributed by atoms with Crippen molar-refractivity contribution in [1.82, 2.24) is 0 Å². The zero-order valence-corrected chi connectivity index (χ0v) is 15.2. The fraction of sp³-hybridized carbons (Fsp3) is 0.294. The van der Waals surface area contributed by atoms with E-state index in [1.54, 1.807) is 18.2 Å². The number of rotatable bonds is 4. The topological polar surface area (TPSA) is 55.4 Å². The van der Waals surface area contributed by atoms with E-state index in [9.17, 15) is 9.59 Å². The molecule has 3 rings (SSSR count). The first-order valence-corrected chi connectivity index (χ1v) is 9.09. The van der Waals surface area contributed by atoms with Crippen LogP contribution in [0.1, 0.15) is 33.5 Å². The number of carbonyl (C=O) groups is 2. The lowest BCUT2D eigenvalue weighted by Crippen LogP contribution is -2.29. The molecule has 1 atom stereocenters. The Balaban J connectivity index is 1.61. The number of halogens is 2. The van der Waals surface area contributed by atoms with Gasteiger partial charge >= 0.3 is 5.97 Å². The third-order valence-electron chi connectivity index (χ3n) is 3.73. The van der Waals surface area contributed by atoms with E-state index in [4.69, 9.17) is 27.9 Å². The Bertz CT molecular complexity index is 761. The van der Waals surface area contributed by atoms with Crippen molar-refractivity contribution >= 4 is 52.1 Å². The van der Waals surface area contributed by atoms with Crippen molar-refractivity contribution < 1.29 is 14.3 Å². The standard InChI is InChI=1S/C17H15Cl2NO3S/c1-9(16(21)20-13-7-11(18)6-12(19)8-13)23-17(22)15-5-10-3-2-4-14(10)24-15/h5-9H,2-4H2,1H3,(H,20,21)/t9-/m0/s1. The molecule has 0 bridgehead atoms. The van der Waals surface area contributed by atoms with Crippen molar-refractivity contribution in [1.29, 1.82) is 0 Å². The number of hydrogen-bond donors (Lipinski definition) is 1. The molecule has 1 aliphatic carbocycles. The number of carbonyl (C=O) groups excluding carboxylic acids is 2. The predicted octanol–water partition coefficient (Wildman–Crippen LogP) is 4.73. The number of anilines is 1. The lowest BCUT2D eigenvalue weighted by atomic mass is 10.2. The van der Waals surface area contributed by atoms with Gasteiger partial charge in [0.25, 0.3) is 5.91 Å². The summed E-state index contributed by atoms with van der Waals surface area (Å²) in [5.41, 5.74) is 1.67. The van der Waals surface area contributed by atoms with Crippen LogP contribution in [0.3, 0.4) is 0 Å². The van der Waals surface area contributed by atoms with Crippen molar-refractivity contribution in [2.45, 2.75) is 32.3 Å². The zero-order valence-electron chi connectivity index (χ0n) is 12.9. The van der Waals surface area contributed by atoms with E-state index in [0.717, 1.165) is 19.3 Å². The summed E-state index contributed by atoms with van der Waals surface area (Å²) < 4.78 is 5.26. The second-order valence-corrected chi connectivity index (χ2v) is 7.62. The van der Waals surface area contributed by atoms with Crippen LogP contribution in [-0.4, -0.2) is 18.0 Å². The van der Waals surface area contributed by atoms with Gasteiger partial charge in [0.15, 0.2) is 6.10 Å². The molecule has 2 aromatic rings. The lowest BCUT2D eigenvalue weighted by molar-refractivity contribution is -0.123. The van der Waals surface area contributed by atoms with E-state index in [1.807, 2.05) is 6.07 Å². The predicted molar refractivity (Wildman–Crippen MR) is 96.3 cm³/mol. The minimum atomic E-state index is -0.924. The molecule has 24 heavy (non-hydrogen) atoms. The molecule has 0 fully saturated rings. The third kappa shape index (κ3) is 3.91. The van der Waals surface area contributed by atoms with E-state index in [2.05, 4.69) is 5.32 Å². The molecule has 1 heterocycles. The molecule has 1 aromatic carbocycles. The molecular formula is C17H15Cl2NO3S. The number of esters is 1. The Morgan fingerprint density at radius 2 is 1.88 bits per heavy atom. The molecule has 126 valence electrons. The molecule has 1 amide bonds.